The second-order valence-corrected chi connectivity index (χ2v) is 4.14. The monoisotopic (exact) mass is 225 g/mol. The molecule has 0 bridgehead atoms. The summed E-state index contributed by atoms with van der Waals surface area (Å²) in [6.45, 7) is 7.98. The lowest BCUT2D eigenvalue weighted by atomic mass is 10.1. The standard InChI is InChI=1S/C13H20FNO/c1-4-10(3)15(5-2)9-11-6-12(14)8-13(16)7-11/h6-8,10,16H,4-5,9H2,1-3H3. The van der Waals surface area contributed by atoms with Gasteiger partial charge in [-0.25, -0.2) is 4.39 Å². The summed E-state index contributed by atoms with van der Waals surface area (Å²) in [5.74, 6) is -0.384. The zero-order valence-electron chi connectivity index (χ0n) is 10.2. The van der Waals surface area contributed by atoms with Gasteiger partial charge >= 0.3 is 0 Å². The van der Waals surface area contributed by atoms with Gasteiger partial charge in [-0.2, -0.15) is 0 Å². The van der Waals surface area contributed by atoms with Crippen LogP contribution in [-0.4, -0.2) is 22.6 Å². The molecule has 1 atom stereocenters. The molecule has 1 N–H and O–H groups in total. The molecule has 3 heteroatoms. The van der Waals surface area contributed by atoms with Crippen LogP contribution in [0.15, 0.2) is 18.2 Å². The first-order valence-corrected chi connectivity index (χ1v) is 5.79. The Balaban J connectivity index is 2.77. The molecule has 0 fully saturated rings. The molecular formula is C13H20FNO. The maximum atomic E-state index is 13.1. The lowest BCUT2D eigenvalue weighted by molar-refractivity contribution is 0.205. The van der Waals surface area contributed by atoms with Crippen molar-refractivity contribution in [3.8, 4) is 5.75 Å². The normalized spacial score (nSPS) is 13.1. The molecule has 1 unspecified atom stereocenters. The molecule has 0 aliphatic carbocycles. The van der Waals surface area contributed by atoms with Crippen LogP contribution in [0.5, 0.6) is 5.75 Å². The molecule has 0 aromatic heterocycles. The van der Waals surface area contributed by atoms with Crippen molar-refractivity contribution < 1.29 is 9.50 Å². The third kappa shape index (κ3) is 3.49. The maximum Gasteiger partial charge on any atom is 0.127 e. The van der Waals surface area contributed by atoms with Gasteiger partial charge in [-0.1, -0.05) is 13.8 Å². The predicted octanol–water partition coefficient (Wildman–Crippen LogP) is 3.15. The summed E-state index contributed by atoms with van der Waals surface area (Å²) in [5.41, 5.74) is 0.819. The minimum absolute atomic E-state index is 0.00444. The smallest absolute Gasteiger partial charge is 0.127 e. The topological polar surface area (TPSA) is 23.5 Å². The summed E-state index contributed by atoms with van der Waals surface area (Å²) >= 11 is 0. The van der Waals surface area contributed by atoms with Crippen LogP contribution < -0.4 is 0 Å². The number of hydrogen-bond acceptors (Lipinski definition) is 2. The van der Waals surface area contributed by atoms with Crippen molar-refractivity contribution in [1.29, 1.82) is 0 Å². The van der Waals surface area contributed by atoms with E-state index in [1.165, 1.54) is 6.07 Å². The Bertz CT molecular complexity index is 320. The first kappa shape index (κ1) is 13.0. The van der Waals surface area contributed by atoms with Crippen LogP contribution in [0.3, 0.4) is 0 Å². The average molecular weight is 225 g/mol. The molecule has 1 aromatic carbocycles. The van der Waals surface area contributed by atoms with Crippen molar-refractivity contribution in [2.45, 2.75) is 39.8 Å². The van der Waals surface area contributed by atoms with Gasteiger partial charge in [0, 0.05) is 18.7 Å². The Morgan fingerprint density at radius 3 is 2.50 bits per heavy atom. The predicted molar refractivity (Wildman–Crippen MR) is 63.9 cm³/mol. The number of aromatic hydroxyl groups is 1. The van der Waals surface area contributed by atoms with Crippen LogP contribution in [-0.2, 0) is 6.54 Å². The van der Waals surface area contributed by atoms with Gasteiger partial charge in [0.05, 0.1) is 0 Å². The minimum atomic E-state index is -0.379. The molecule has 2 nitrogen and oxygen atoms in total. The largest absolute Gasteiger partial charge is 0.508 e. The van der Waals surface area contributed by atoms with E-state index in [4.69, 9.17) is 0 Å². The summed E-state index contributed by atoms with van der Waals surface area (Å²) in [7, 11) is 0. The van der Waals surface area contributed by atoms with Gasteiger partial charge in [0.15, 0.2) is 0 Å². The Morgan fingerprint density at radius 1 is 1.31 bits per heavy atom. The molecule has 0 saturated heterocycles. The number of rotatable bonds is 5. The molecule has 0 saturated carbocycles. The first-order chi connectivity index (χ1) is 7.56. The average Bonchev–Trinajstić information content (AvgIpc) is 2.23. The van der Waals surface area contributed by atoms with Crippen LogP contribution in [0.2, 0.25) is 0 Å². The number of phenolic OH excluding ortho intramolecular Hbond substituents is 1. The lowest BCUT2D eigenvalue weighted by Gasteiger charge is -2.27. The SMILES string of the molecule is CCC(C)N(CC)Cc1cc(O)cc(F)c1. The van der Waals surface area contributed by atoms with Crippen molar-refractivity contribution in [3.05, 3.63) is 29.6 Å². The van der Waals surface area contributed by atoms with Gasteiger partial charge in [0.1, 0.15) is 11.6 Å². The third-order valence-electron chi connectivity index (χ3n) is 2.95. The highest BCUT2D eigenvalue weighted by Gasteiger charge is 2.11. The van der Waals surface area contributed by atoms with Gasteiger partial charge in [-0.05, 0) is 37.6 Å². The Morgan fingerprint density at radius 2 is 2.00 bits per heavy atom. The molecule has 1 rings (SSSR count). The highest BCUT2D eigenvalue weighted by Crippen LogP contribution is 2.17. The summed E-state index contributed by atoms with van der Waals surface area (Å²) < 4.78 is 13.1. The quantitative estimate of drug-likeness (QED) is 0.832. The van der Waals surface area contributed by atoms with Gasteiger partial charge in [-0.15, -0.1) is 0 Å². The van der Waals surface area contributed by atoms with Gasteiger partial charge in [0.25, 0.3) is 0 Å². The Labute approximate surface area is 96.7 Å². The Hall–Kier alpha value is -1.09. The van der Waals surface area contributed by atoms with Crippen molar-refractivity contribution >= 4 is 0 Å². The molecule has 0 aliphatic heterocycles. The number of phenols is 1. The summed E-state index contributed by atoms with van der Waals surface area (Å²) in [5, 5.41) is 9.32. The van der Waals surface area contributed by atoms with E-state index in [1.54, 1.807) is 6.07 Å². The fourth-order valence-electron chi connectivity index (χ4n) is 1.80. The molecule has 1 aromatic rings. The summed E-state index contributed by atoms with van der Waals surface area (Å²) in [4.78, 5) is 2.26. The third-order valence-corrected chi connectivity index (χ3v) is 2.95. The van der Waals surface area contributed by atoms with E-state index in [1.807, 2.05) is 0 Å². The van der Waals surface area contributed by atoms with E-state index in [0.29, 0.717) is 12.6 Å². The zero-order valence-corrected chi connectivity index (χ0v) is 10.2. The van der Waals surface area contributed by atoms with E-state index in [0.717, 1.165) is 24.6 Å². The highest BCUT2D eigenvalue weighted by atomic mass is 19.1. The molecule has 16 heavy (non-hydrogen) atoms. The number of nitrogens with zero attached hydrogens (tertiary/aromatic N) is 1. The highest BCUT2D eigenvalue weighted by molar-refractivity contribution is 5.28. The fourth-order valence-corrected chi connectivity index (χ4v) is 1.80. The second kappa shape index (κ2) is 5.85. The Kier molecular flexibility index (Phi) is 4.74. The van der Waals surface area contributed by atoms with E-state index in [2.05, 4.69) is 25.7 Å². The molecule has 0 radical (unpaired) electrons. The van der Waals surface area contributed by atoms with E-state index in [9.17, 15) is 9.50 Å². The maximum absolute atomic E-state index is 13.1. The van der Waals surface area contributed by atoms with Crippen molar-refractivity contribution in [3.63, 3.8) is 0 Å². The molecular weight excluding hydrogens is 205 g/mol. The van der Waals surface area contributed by atoms with E-state index < -0.39 is 0 Å². The van der Waals surface area contributed by atoms with Crippen LogP contribution in [0.4, 0.5) is 4.39 Å². The number of benzene rings is 1. The van der Waals surface area contributed by atoms with Gasteiger partial charge in [-0.3, -0.25) is 4.90 Å². The number of halogens is 1. The van der Waals surface area contributed by atoms with Gasteiger partial charge < -0.3 is 5.11 Å². The number of hydrogen-bond donors (Lipinski definition) is 1. The first-order valence-electron chi connectivity index (χ1n) is 5.79. The van der Waals surface area contributed by atoms with E-state index in [-0.39, 0.29) is 11.6 Å². The van der Waals surface area contributed by atoms with Crippen molar-refractivity contribution in [2.24, 2.45) is 0 Å². The van der Waals surface area contributed by atoms with Crippen LogP contribution in [0.1, 0.15) is 32.8 Å². The molecule has 0 spiro atoms. The lowest BCUT2D eigenvalue weighted by Crippen LogP contribution is -2.31. The zero-order chi connectivity index (χ0) is 12.1. The molecule has 0 aliphatic rings. The molecule has 0 heterocycles. The fraction of sp³-hybridized carbons (Fsp3) is 0.538. The van der Waals surface area contributed by atoms with Gasteiger partial charge in [0.2, 0.25) is 0 Å². The second-order valence-electron chi connectivity index (χ2n) is 4.14. The van der Waals surface area contributed by atoms with Crippen LogP contribution in [0, 0.1) is 5.82 Å². The van der Waals surface area contributed by atoms with E-state index >= 15 is 0 Å². The summed E-state index contributed by atoms with van der Waals surface area (Å²) in [6, 6.07) is 4.69. The van der Waals surface area contributed by atoms with Crippen LogP contribution >= 0.6 is 0 Å². The molecule has 90 valence electrons. The van der Waals surface area contributed by atoms with Crippen molar-refractivity contribution in [1.82, 2.24) is 4.90 Å². The summed E-state index contributed by atoms with van der Waals surface area (Å²) in [6.07, 6.45) is 1.06. The van der Waals surface area contributed by atoms with Crippen molar-refractivity contribution in [2.75, 3.05) is 6.54 Å². The minimum Gasteiger partial charge on any atom is -0.508 e. The molecule has 0 amide bonds. The van der Waals surface area contributed by atoms with Crippen LogP contribution in [0.25, 0.3) is 0 Å².